The van der Waals surface area contributed by atoms with Crippen molar-refractivity contribution < 1.29 is 9.32 Å². The van der Waals surface area contributed by atoms with Crippen LogP contribution in [0.5, 0.6) is 0 Å². The molecular weight excluding hydrogens is 320 g/mol. The first-order valence-corrected chi connectivity index (χ1v) is 8.27. The lowest BCUT2D eigenvalue weighted by Crippen LogP contribution is -2.46. The zero-order chi connectivity index (χ0) is 17.6. The number of anilines is 1. The summed E-state index contributed by atoms with van der Waals surface area (Å²) in [4.78, 5) is 25.0. The Bertz CT molecular complexity index is 719. The van der Waals surface area contributed by atoms with Crippen LogP contribution < -0.4 is 10.2 Å². The first-order valence-electron chi connectivity index (χ1n) is 8.27. The van der Waals surface area contributed by atoms with Gasteiger partial charge in [0.25, 0.3) is 5.91 Å². The number of aromatic nitrogens is 3. The summed E-state index contributed by atoms with van der Waals surface area (Å²) in [6.07, 6.45) is 3.26. The number of carbonyl (C=O) groups is 1. The predicted octanol–water partition coefficient (Wildman–Crippen LogP) is 1.01. The van der Waals surface area contributed by atoms with Crippen molar-refractivity contribution in [1.29, 1.82) is 0 Å². The summed E-state index contributed by atoms with van der Waals surface area (Å²) in [6.45, 7) is 10.0. The first-order chi connectivity index (χ1) is 12.2. The molecule has 0 spiro atoms. The minimum atomic E-state index is -0.140. The lowest BCUT2D eigenvalue weighted by molar-refractivity contribution is 0.0957. The zero-order valence-corrected chi connectivity index (χ0v) is 14.3. The molecule has 0 atom stereocenters. The van der Waals surface area contributed by atoms with Crippen LogP contribution in [-0.2, 0) is 6.54 Å². The fourth-order valence-corrected chi connectivity index (χ4v) is 2.71. The SMILES string of the molecule is C=CCNC(=O)c1ccc(N2CCN(Cc3noc(C)n3)CC2)nc1. The molecule has 0 unspecified atom stereocenters. The van der Waals surface area contributed by atoms with Gasteiger partial charge < -0.3 is 14.7 Å². The summed E-state index contributed by atoms with van der Waals surface area (Å²) in [5.41, 5.74) is 0.553. The molecule has 2 aromatic heterocycles. The number of aryl methyl sites for hydroxylation is 1. The Morgan fingerprint density at radius 3 is 2.76 bits per heavy atom. The van der Waals surface area contributed by atoms with Gasteiger partial charge in [-0.1, -0.05) is 11.2 Å². The van der Waals surface area contributed by atoms with Crippen LogP contribution in [0.4, 0.5) is 5.82 Å². The van der Waals surface area contributed by atoms with Crippen LogP contribution in [-0.4, -0.2) is 58.7 Å². The van der Waals surface area contributed by atoms with Crippen LogP contribution in [0.3, 0.4) is 0 Å². The second kappa shape index (κ2) is 7.89. The van der Waals surface area contributed by atoms with Crippen LogP contribution in [0.1, 0.15) is 22.1 Å². The van der Waals surface area contributed by atoms with Crippen molar-refractivity contribution >= 4 is 11.7 Å². The normalized spacial score (nSPS) is 15.2. The molecular formula is C17H22N6O2. The van der Waals surface area contributed by atoms with Crippen molar-refractivity contribution in [1.82, 2.24) is 25.3 Å². The quantitative estimate of drug-likeness (QED) is 0.784. The summed E-state index contributed by atoms with van der Waals surface area (Å²) < 4.78 is 5.01. The van der Waals surface area contributed by atoms with Crippen LogP contribution in [0.15, 0.2) is 35.5 Å². The molecule has 3 heterocycles. The number of piperazine rings is 1. The van der Waals surface area contributed by atoms with Gasteiger partial charge in [-0.05, 0) is 12.1 Å². The fourth-order valence-electron chi connectivity index (χ4n) is 2.71. The highest BCUT2D eigenvalue weighted by atomic mass is 16.5. The number of nitrogens with zero attached hydrogens (tertiary/aromatic N) is 5. The van der Waals surface area contributed by atoms with Crippen molar-refractivity contribution in [3.05, 3.63) is 48.3 Å². The van der Waals surface area contributed by atoms with Gasteiger partial charge in [0.1, 0.15) is 5.82 Å². The number of amides is 1. The van der Waals surface area contributed by atoms with E-state index in [0.29, 0.717) is 24.5 Å². The number of hydrogen-bond donors (Lipinski definition) is 1. The highest BCUT2D eigenvalue weighted by Crippen LogP contribution is 2.15. The van der Waals surface area contributed by atoms with Crippen molar-refractivity contribution in [3.8, 4) is 0 Å². The maximum atomic E-state index is 11.9. The minimum absolute atomic E-state index is 0.140. The largest absolute Gasteiger partial charge is 0.354 e. The molecule has 0 radical (unpaired) electrons. The first kappa shape index (κ1) is 17.1. The lowest BCUT2D eigenvalue weighted by atomic mass is 10.2. The van der Waals surface area contributed by atoms with Crippen molar-refractivity contribution in [2.24, 2.45) is 0 Å². The maximum absolute atomic E-state index is 11.9. The molecule has 0 aliphatic carbocycles. The fraction of sp³-hybridized carbons (Fsp3) is 0.412. The summed E-state index contributed by atoms with van der Waals surface area (Å²) >= 11 is 0. The smallest absolute Gasteiger partial charge is 0.253 e. The molecule has 1 amide bonds. The molecule has 8 heteroatoms. The summed E-state index contributed by atoms with van der Waals surface area (Å²) in [7, 11) is 0. The molecule has 3 rings (SSSR count). The monoisotopic (exact) mass is 342 g/mol. The Kier molecular flexibility index (Phi) is 5.39. The van der Waals surface area contributed by atoms with Gasteiger partial charge in [0.15, 0.2) is 5.82 Å². The van der Waals surface area contributed by atoms with Gasteiger partial charge in [-0.3, -0.25) is 9.69 Å². The van der Waals surface area contributed by atoms with Gasteiger partial charge in [0.2, 0.25) is 5.89 Å². The van der Waals surface area contributed by atoms with E-state index in [1.807, 2.05) is 6.07 Å². The van der Waals surface area contributed by atoms with E-state index >= 15 is 0 Å². The Morgan fingerprint density at radius 1 is 1.36 bits per heavy atom. The molecule has 1 aliphatic heterocycles. The van der Waals surface area contributed by atoms with E-state index in [-0.39, 0.29) is 5.91 Å². The molecule has 1 saturated heterocycles. The molecule has 132 valence electrons. The van der Waals surface area contributed by atoms with Gasteiger partial charge in [-0.2, -0.15) is 4.98 Å². The molecule has 0 aromatic carbocycles. The maximum Gasteiger partial charge on any atom is 0.253 e. The standard InChI is InChI=1S/C17H22N6O2/c1-3-6-18-17(24)14-4-5-16(19-11-14)23-9-7-22(8-10-23)12-15-20-13(2)25-21-15/h3-5,11H,1,6-10,12H2,2H3,(H,18,24). The number of rotatable bonds is 6. The van der Waals surface area contributed by atoms with Gasteiger partial charge in [0.05, 0.1) is 12.1 Å². The third-order valence-corrected chi connectivity index (χ3v) is 4.05. The highest BCUT2D eigenvalue weighted by Gasteiger charge is 2.19. The van der Waals surface area contributed by atoms with Crippen LogP contribution in [0.2, 0.25) is 0 Å². The van der Waals surface area contributed by atoms with Crippen LogP contribution in [0, 0.1) is 6.92 Å². The minimum Gasteiger partial charge on any atom is -0.354 e. The second-order valence-electron chi connectivity index (χ2n) is 5.90. The van der Waals surface area contributed by atoms with Gasteiger partial charge in [-0.25, -0.2) is 4.98 Å². The summed E-state index contributed by atoms with van der Waals surface area (Å²) in [5, 5.41) is 6.68. The molecule has 1 N–H and O–H groups in total. The van der Waals surface area contributed by atoms with E-state index in [0.717, 1.165) is 37.8 Å². The second-order valence-corrected chi connectivity index (χ2v) is 5.90. The average molecular weight is 342 g/mol. The van der Waals surface area contributed by atoms with Crippen molar-refractivity contribution in [3.63, 3.8) is 0 Å². The van der Waals surface area contributed by atoms with Gasteiger partial charge in [-0.15, -0.1) is 6.58 Å². The third kappa shape index (κ3) is 4.42. The summed E-state index contributed by atoms with van der Waals surface area (Å²) in [5.74, 6) is 2.06. The van der Waals surface area contributed by atoms with Crippen molar-refractivity contribution in [2.75, 3.05) is 37.6 Å². The average Bonchev–Trinajstić information content (AvgIpc) is 3.05. The number of nitrogens with one attached hydrogen (secondary N) is 1. The predicted molar refractivity (Wildman–Crippen MR) is 93.3 cm³/mol. The number of carbonyl (C=O) groups excluding carboxylic acids is 1. The van der Waals surface area contributed by atoms with Crippen LogP contribution in [0.25, 0.3) is 0 Å². The van der Waals surface area contributed by atoms with E-state index in [9.17, 15) is 4.79 Å². The molecule has 8 nitrogen and oxygen atoms in total. The highest BCUT2D eigenvalue weighted by molar-refractivity contribution is 5.94. The topological polar surface area (TPSA) is 87.4 Å². The Labute approximate surface area is 146 Å². The lowest BCUT2D eigenvalue weighted by Gasteiger charge is -2.34. The Balaban J connectivity index is 1.52. The van der Waals surface area contributed by atoms with E-state index in [4.69, 9.17) is 4.52 Å². The van der Waals surface area contributed by atoms with Crippen molar-refractivity contribution in [2.45, 2.75) is 13.5 Å². The Hall–Kier alpha value is -2.74. The third-order valence-electron chi connectivity index (χ3n) is 4.05. The number of hydrogen-bond acceptors (Lipinski definition) is 7. The zero-order valence-electron chi connectivity index (χ0n) is 14.3. The molecule has 0 saturated carbocycles. The Morgan fingerprint density at radius 2 is 2.16 bits per heavy atom. The van der Waals surface area contributed by atoms with Gasteiger partial charge in [0, 0.05) is 45.8 Å². The molecule has 2 aromatic rings. The van der Waals surface area contributed by atoms with E-state index < -0.39 is 0 Å². The summed E-state index contributed by atoms with van der Waals surface area (Å²) in [6, 6.07) is 3.69. The molecule has 1 fully saturated rings. The van der Waals surface area contributed by atoms with E-state index in [1.54, 1.807) is 25.3 Å². The van der Waals surface area contributed by atoms with Crippen LogP contribution >= 0.6 is 0 Å². The molecule has 1 aliphatic rings. The van der Waals surface area contributed by atoms with E-state index in [2.05, 4.69) is 36.8 Å². The van der Waals surface area contributed by atoms with Gasteiger partial charge >= 0.3 is 0 Å². The van der Waals surface area contributed by atoms with E-state index in [1.165, 1.54) is 0 Å². The molecule has 0 bridgehead atoms. The number of pyridine rings is 1. The molecule has 25 heavy (non-hydrogen) atoms.